The first-order valence-corrected chi connectivity index (χ1v) is 10.1. The van der Waals surface area contributed by atoms with E-state index >= 15 is 0 Å². The van der Waals surface area contributed by atoms with E-state index in [0.717, 1.165) is 6.07 Å². The van der Waals surface area contributed by atoms with Crippen molar-refractivity contribution >= 4 is 44.5 Å². The third-order valence-corrected chi connectivity index (χ3v) is 4.90. The van der Waals surface area contributed by atoms with Crippen LogP contribution in [-0.4, -0.2) is 30.5 Å². The molecule has 0 aliphatic carbocycles. The van der Waals surface area contributed by atoms with Crippen molar-refractivity contribution in [2.45, 2.75) is 13.0 Å². The monoisotopic (exact) mass is 504 g/mol. The second-order valence-corrected chi connectivity index (χ2v) is 7.40. The van der Waals surface area contributed by atoms with E-state index in [1.807, 2.05) is 0 Å². The third-order valence-electron chi connectivity index (χ3n) is 4.44. The van der Waals surface area contributed by atoms with Gasteiger partial charge in [0, 0.05) is 22.0 Å². The van der Waals surface area contributed by atoms with Gasteiger partial charge in [-0.05, 0) is 30.7 Å². The van der Waals surface area contributed by atoms with Crippen molar-refractivity contribution in [1.82, 2.24) is 5.32 Å². The topological polar surface area (TPSA) is 138 Å². The van der Waals surface area contributed by atoms with Crippen LogP contribution < -0.4 is 15.7 Å². The van der Waals surface area contributed by atoms with E-state index in [1.165, 1.54) is 31.4 Å². The summed E-state index contributed by atoms with van der Waals surface area (Å²) in [6, 6.07) is 8.35. The number of halogens is 1. The number of carbonyl (C=O) groups excluding carboxylic acids is 2. The number of benzene rings is 2. The van der Waals surface area contributed by atoms with Gasteiger partial charge < -0.3 is 19.2 Å². The number of nitrogens with one attached hydrogen (secondary N) is 1. The number of amides is 1. The molecule has 1 amide bonds. The van der Waals surface area contributed by atoms with Crippen molar-refractivity contribution in [3.05, 3.63) is 78.6 Å². The van der Waals surface area contributed by atoms with Crippen molar-refractivity contribution in [3.63, 3.8) is 0 Å². The summed E-state index contributed by atoms with van der Waals surface area (Å²) in [5.41, 5.74) is -1.30. The Morgan fingerprint density at radius 2 is 2.00 bits per heavy atom. The van der Waals surface area contributed by atoms with E-state index in [2.05, 4.69) is 21.2 Å². The number of esters is 1. The first kappa shape index (κ1) is 22.9. The van der Waals surface area contributed by atoms with E-state index in [0.29, 0.717) is 15.6 Å². The lowest BCUT2D eigenvalue weighted by atomic mass is 10.1. The number of rotatable bonds is 7. The van der Waals surface area contributed by atoms with Crippen LogP contribution in [0.15, 0.2) is 56.1 Å². The Bertz CT molecular complexity index is 1270. The Hall–Kier alpha value is -3.73. The minimum atomic E-state index is -1.38. The lowest BCUT2D eigenvalue weighted by molar-refractivity contribution is -0.384. The molecule has 0 saturated heterocycles. The van der Waals surface area contributed by atoms with Crippen LogP contribution in [0.25, 0.3) is 11.0 Å². The van der Waals surface area contributed by atoms with Gasteiger partial charge in [0.2, 0.25) is 0 Å². The number of hydrogen-bond donors (Lipinski definition) is 1. The Kier molecular flexibility index (Phi) is 6.89. The summed E-state index contributed by atoms with van der Waals surface area (Å²) in [7, 11) is 1.41. The minimum absolute atomic E-state index is 0.0199. The van der Waals surface area contributed by atoms with Gasteiger partial charge in [-0.2, -0.15) is 0 Å². The Morgan fingerprint density at radius 1 is 1.25 bits per heavy atom. The van der Waals surface area contributed by atoms with Gasteiger partial charge in [-0.15, -0.1) is 0 Å². The number of hydrogen-bond acceptors (Lipinski definition) is 8. The van der Waals surface area contributed by atoms with Crippen LogP contribution in [0.3, 0.4) is 0 Å². The lowest BCUT2D eigenvalue weighted by Gasteiger charge is -2.17. The molecule has 0 bridgehead atoms. The van der Waals surface area contributed by atoms with Gasteiger partial charge in [0.1, 0.15) is 5.56 Å². The molecule has 1 N–H and O–H groups in total. The highest BCUT2D eigenvalue weighted by Gasteiger charge is 2.28. The van der Waals surface area contributed by atoms with Crippen molar-refractivity contribution < 1.29 is 28.4 Å². The molecule has 3 rings (SSSR count). The molecule has 0 unspecified atom stereocenters. The molecule has 1 heterocycles. The average Bonchev–Trinajstić information content (AvgIpc) is 2.76. The van der Waals surface area contributed by atoms with Crippen LogP contribution >= 0.6 is 15.9 Å². The van der Waals surface area contributed by atoms with Gasteiger partial charge in [0.25, 0.3) is 11.6 Å². The van der Waals surface area contributed by atoms with Crippen molar-refractivity contribution in [3.8, 4) is 5.75 Å². The molecule has 32 heavy (non-hydrogen) atoms. The average molecular weight is 505 g/mol. The van der Waals surface area contributed by atoms with Crippen LogP contribution in [0, 0.1) is 10.1 Å². The zero-order chi connectivity index (χ0) is 23.4. The highest BCUT2D eigenvalue weighted by molar-refractivity contribution is 9.10. The predicted octanol–water partition coefficient (Wildman–Crippen LogP) is 3.51. The zero-order valence-electron chi connectivity index (χ0n) is 16.9. The number of fused-ring (bicyclic) bond motifs is 1. The second-order valence-electron chi connectivity index (χ2n) is 6.48. The molecule has 0 aliphatic heterocycles. The lowest BCUT2D eigenvalue weighted by Crippen LogP contribution is -2.37. The first-order chi connectivity index (χ1) is 15.2. The largest absolute Gasteiger partial charge is 0.493 e. The Balaban J connectivity index is 2.02. The van der Waals surface area contributed by atoms with E-state index < -0.39 is 28.5 Å². The number of ether oxygens (including phenoxy) is 2. The zero-order valence-corrected chi connectivity index (χ0v) is 18.5. The maximum absolute atomic E-state index is 12.9. The Labute approximate surface area is 189 Å². The summed E-state index contributed by atoms with van der Waals surface area (Å²) in [4.78, 5) is 48.3. The number of methoxy groups -OCH3 is 1. The molecule has 10 nitrogen and oxygen atoms in total. The van der Waals surface area contributed by atoms with Gasteiger partial charge in [0.05, 0.1) is 18.6 Å². The van der Waals surface area contributed by atoms with E-state index in [-0.39, 0.29) is 29.0 Å². The third kappa shape index (κ3) is 4.78. The molecule has 11 heteroatoms. The maximum Gasteiger partial charge on any atom is 0.349 e. The summed E-state index contributed by atoms with van der Waals surface area (Å²) in [5, 5.41) is 13.9. The molecule has 1 aromatic heterocycles. The maximum atomic E-state index is 12.9. The van der Waals surface area contributed by atoms with E-state index in [4.69, 9.17) is 13.9 Å². The molecule has 166 valence electrons. The number of carbonyl (C=O) groups is 2. The number of nitro benzene ring substituents is 1. The molecule has 0 radical (unpaired) electrons. The molecule has 2 aromatic carbocycles. The molecule has 1 atom stereocenters. The normalized spacial score (nSPS) is 11.6. The van der Waals surface area contributed by atoms with Gasteiger partial charge in [-0.1, -0.05) is 28.1 Å². The number of nitrogens with zero attached hydrogens (tertiary/aromatic N) is 1. The molecular formula is C21H17BrN2O8. The summed E-state index contributed by atoms with van der Waals surface area (Å²) < 4.78 is 16.1. The highest BCUT2D eigenvalue weighted by Crippen LogP contribution is 2.29. The summed E-state index contributed by atoms with van der Waals surface area (Å²) in [5.74, 6) is -1.46. The fraction of sp³-hybridized carbons (Fsp3) is 0.190. The molecule has 0 saturated carbocycles. The smallest absolute Gasteiger partial charge is 0.349 e. The molecular weight excluding hydrogens is 488 g/mol. The summed E-state index contributed by atoms with van der Waals surface area (Å²) in [6.07, 6.45) is 0. The van der Waals surface area contributed by atoms with Gasteiger partial charge in [0.15, 0.2) is 17.4 Å². The molecule has 0 aliphatic rings. The first-order valence-electron chi connectivity index (χ1n) is 9.28. The van der Waals surface area contributed by atoms with Crippen LogP contribution in [-0.2, 0) is 9.53 Å². The van der Waals surface area contributed by atoms with Gasteiger partial charge >= 0.3 is 11.6 Å². The van der Waals surface area contributed by atoms with E-state index in [1.54, 1.807) is 19.1 Å². The van der Waals surface area contributed by atoms with E-state index in [9.17, 15) is 24.5 Å². The highest BCUT2D eigenvalue weighted by atomic mass is 79.9. The minimum Gasteiger partial charge on any atom is -0.493 e. The quantitative estimate of drug-likeness (QED) is 0.223. The molecule has 0 spiro atoms. The molecule has 3 aromatic rings. The van der Waals surface area contributed by atoms with Crippen molar-refractivity contribution in [1.29, 1.82) is 0 Å². The van der Waals surface area contributed by atoms with Crippen LogP contribution in [0.1, 0.15) is 28.9 Å². The van der Waals surface area contributed by atoms with Crippen LogP contribution in [0.4, 0.5) is 5.69 Å². The van der Waals surface area contributed by atoms with Gasteiger partial charge in [-0.3, -0.25) is 14.9 Å². The Morgan fingerprint density at radius 3 is 2.66 bits per heavy atom. The predicted molar refractivity (Wildman–Crippen MR) is 117 cm³/mol. The van der Waals surface area contributed by atoms with Crippen molar-refractivity contribution in [2.24, 2.45) is 0 Å². The number of nitro groups is 1. The number of non-ortho nitro benzene ring substituents is 1. The standard InChI is InChI=1S/C21H17BrN2O8/c1-3-31-21(27)17(11-5-4-6-14(8-11)24(28)29)23-19(25)15-9-12-7-13(22)10-16(30-2)18(12)32-20(15)26/h4-10,17H,3H2,1-2H3,(H,23,25)/t17-/m0/s1. The summed E-state index contributed by atoms with van der Waals surface area (Å²) >= 11 is 3.31. The summed E-state index contributed by atoms with van der Waals surface area (Å²) in [6.45, 7) is 1.60. The van der Waals surface area contributed by atoms with Crippen molar-refractivity contribution in [2.75, 3.05) is 13.7 Å². The van der Waals surface area contributed by atoms with Crippen LogP contribution in [0.5, 0.6) is 5.75 Å². The fourth-order valence-corrected chi connectivity index (χ4v) is 3.46. The second kappa shape index (κ2) is 9.60. The fourth-order valence-electron chi connectivity index (χ4n) is 3.01. The SMILES string of the molecule is CCOC(=O)[C@@H](NC(=O)c1cc2cc(Br)cc(OC)c2oc1=O)c1cccc([N+](=O)[O-])c1. The van der Waals surface area contributed by atoms with Crippen LogP contribution in [0.2, 0.25) is 0 Å². The molecule has 0 fully saturated rings. The van der Waals surface area contributed by atoms with Gasteiger partial charge in [-0.25, -0.2) is 9.59 Å².